The SMILES string of the molecule is CC(C)(OC(=O)CC(O)(CC(=O)OC(C)(C)C1CC[NH2+]CC1)C(=O)OC(C)(C)C1CC[NH2+]CC1)C1CC[NH2+]CC1. The molecule has 0 spiro atoms. The number of aliphatic hydroxyl groups is 1. The number of hydrogen-bond donors (Lipinski definition) is 4. The number of piperidine rings is 3. The lowest BCUT2D eigenvalue weighted by atomic mass is 9.82. The predicted octanol–water partition coefficient (Wildman–Crippen LogP) is -0.617. The maximum absolute atomic E-state index is 13.6. The summed E-state index contributed by atoms with van der Waals surface area (Å²) >= 11 is 0. The first kappa shape index (κ1) is 32.8. The third-order valence-corrected chi connectivity index (χ3v) is 9.63. The minimum atomic E-state index is -2.39. The van der Waals surface area contributed by atoms with Crippen molar-refractivity contribution in [3.63, 3.8) is 0 Å². The van der Waals surface area contributed by atoms with Crippen LogP contribution in [0.25, 0.3) is 0 Å². The Balaban J connectivity index is 1.75. The molecule has 230 valence electrons. The highest BCUT2D eigenvalue weighted by Gasteiger charge is 2.49. The van der Waals surface area contributed by atoms with Crippen molar-refractivity contribution in [3.8, 4) is 0 Å². The molecule has 0 bridgehead atoms. The molecule has 10 heteroatoms. The first-order chi connectivity index (χ1) is 18.6. The number of esters is 3. The maximum atomic E-state index is 13.6. The second-order valence-corrected chi connectivity index (χ2v) is 14.0. The number of hydrogen-bond acceptors (Lipinski definition) is 7. The normalized spacial score (nSPS) is 21.1. The summed E-state index contributed by atoms with van der Waals surface area (Å²) in [5.74, 6) is -1.94. The zero-order valence-electron chi connectivity index (χ0n) is 25.8. The van der Waals surface area contributed by atoms with E-state index in [1.165, 1.54) is 0 Å². The highest BCUT2D eigenvalue weighted by molar-refractivity contribution is 5.90. The van der Waals surface area contributed by atoms with Crippen LogP contribution < -0.4 is 16.0 Å². The van der Waals surface area contributed by atoms with Crippen molar-refractivity contribution in [2.75, 3.05) is 39.3 Å². The molecular weight excluding hydrogens is 514 g/mol. The number of nitrogens with two attached hydrogens (primary N) is 3. The summed E-state index contributed by atoms with van der Waals surface area (Å²) in [6.07, 6.45) is 4.08. The maximum Gasteiger partial charge on any atom is 0.339 e. The van der Waals surface area contributed by atoms with Gasteiger partial charge >= 0.3 is 17.9 Å². The van der Waals surface area contributed by atoms with E-state index in [9.17, 15) is 19.5 Å². The third-order valence-electron chi connectivity index (χ3n) is 9.63. The van der Waals surface area contributed by atoms with Crippen LogP contribution >= 0.6 is 0 Å². The van der Waals surface area contributed by atoms with Crippen molar-refractivity contribution in [2.24, 2.45) is 17.8 Å². The van der Waals surface area contributed by atoms with Crippen molar-refractivity contribution in [1.29, 1.82) is 0 Å². The smallest absolute Gasteiger partial charge is 0.339 e. The molecule has 3 aliphatic rings. The van der Waals surface area contributed by atoms with Crippen molar-refractivity contribution < 1.29 is 49.7 Å². The molecule has 0 saturated carbocycles. The largest absolute Gasteiger partial charge is 0.459 e. The molecule has 0 aromatic carbocycles. The Morgan fingerprint density at radius 2 is 0.850 bits per heavy atom. The molecule has 0 amide bonds. The van der Waals surface area contributed by atoms with Crippen LogP contribution in [0.1, 0.15) is 92.9 Å². The number of carbonyl (C=O) groups excluding carboxylic acids is 3. The lowest BCUT2D eigenvalue weighted by Gasteiger charge is -2.39. The van der Waals surface area contributed by atoms with Crippen LogP contribution in [-0.4, -0.2) is 84.7 Å². The van der Waals surface area contributed by atoms with Gasteiger partial charge in [-0.1, -0.05) is 0 Å². The standard InChI is InChI=1S/C30H53N3O7/c1-27(2,21-7-13-31-14-8-21)38-24(34)19-30(37,26(36)40-29(5,6)23-11-17-33-18-12-23)20-25(35)39-28(3,4)22-9-15-32-16-10-22/h21-23,31-33,37H,7-20H2,1-6H3/p+3. The summed E-state index contributed by atoms with van der Waals surface area (Å²) in [6.45, 7) is 16.9. The van der Waals surface area contributed by atoms with Gasteiger partial charge in [-0.25, -0.2) is 4.79 Å². The molecule has 10 nitrogen and oxygen atoms in total. The lowest BCUT2D eigenvalue weighted by molar-refractivity contribution is -0.666. The molecule has 0 aromatic heterocycles. The van der Waals surface area contributed by atoms with Gasteiger partial charge in [0.1, 0.15) is 16.8 Å². The molecule has 40 heavy (non-hydrogen) atoms. The van der Waals surface area contributed by atoms with Crippen molar-refractivity contribution in [3.05, 3.63) is 0 Å². The molecule has 0 aliphatic carbocycles. The molecule has 3 heterocycles. The van der Waals surface area contributed by atoms with Crippen LogP contribution in [0.4, 0.5) is 0 Å². The number of quaternary nitrogens is 3. The predicted molar refractivity (Wildman–Crippen MR) is 148 cm³/mol. The minimum absolute atomic E-state index is 0.119. The monoisotopic (exact) mass is 570 g/mol. The molecule has 0 radical (unpaired) electrons. The van der Waals surface area contributed by atoms with Gasteiger partial charge in [0.15, 0.2) is 5.60 Å². The Hall–Kier alpha value is -1.75. The van der Waals surface area contributed by atoms with E-state index in [1.807, 2.05) is 41.5 Å². The minimum Gasteiger partial charge on any atom is -0.459 e. The van der Waals surface area contributed by atoms with Gasteiger partial charge in [0.05, 0.1) is 52.1 Å². The summed E-state index contributed by atoms with van der Waals surface area (Å²) in [4.78, 5) is 40.1. The third kappa shape index (κ3) is 8.87. The van der Waals surface area contributed by atoms with E-state index in [4.69, 9.17) is 14.2 Å². The Morgan fingerprint density at radius 3 is 1.15 bits per heavy atom. The molecular formula is C30H56N3O7+3. The van der Waals surface area contributed by atoms with Gasteiger partial charge in [0.2, 0.25) is 0 Å². The van der Waals surface area contributed by atoms with Gasteiger partial charge in [-0.15, -0.1) is 0 Å². The number of ether oxygens (including phenoxy) is 3. The Kier molecular flexibility index (Phi) is 11.0. The molecule has 3 aliphatic heterocycles. The zero-order chi connectivity index (χ0) is 29.6. The van der Waals surface area contributed by atoms with E-state index >= 15 is 0 Å². The average molecular weight is 571 g/mol. The van der Waals surface area contributed by atoms with Crippen LogP contribution in [-0.2, 0) is 28.6 Å². The van der Waals surface area contributed by atoms with Gasteiger partial charge in [0.25, 0.3) is 0 Å². The number of rotatable bonds is 11. The Labute approximate surface area is 240 Å². The van der Waals surface area contributed by atoms with Crippen molar-refractivity contribution in [2.45, 2.75) is 115 Å². The van der Waals surface area contributed by atoms with E-state index in [-0.39, 0.29) is 17.8 Å². The van der Waals surface area contributed by atoms with Crippen LogP contribution in [0.3, 0.4) is 0 Å². The van der Waals surface area contributed by atoms with Crippen LogP contribution in [0.5, 0.6) is 0 Å². The summed E-state index contributed by atoms with van der Waals surface area (Å²) in [5, 5.41) is 18.4. The van der Waals surface area contributed by atoms with Crippen molar-refractivity contribution >= 4 is 17.9 Å². The Bertz CT molecular complexity index is 825. The first-order valence-corrected chi connectivity index (χ1v) is 15.5. The topological polar surface area (TPSA) is 149 Å². The number of carbonyl (C=O) groups is 3. The first-order valence-electron chi connectivity index (χ1n) is 15.5. The fourth-order valence-electron chi connectivity index (χ4n) is 6.79. The van der Waals surface area contributed by atoms with Crippen LogP contribution in [0.2, 0.25) is 0 Å². The quantitative estimate of drug-likeness (QED) is 0.191. The summed E-state index contributed by atoms with van der Waals surface area (Å²) in [6, 6.07) is 0. The molecule has 3 fully saturated rings. The second kappa shape index (κ2) is 13.5. The fraction of sp³-hybridized carbons (Fsp3) is 0.900. The van der Waals surface area contributed by atoms with E-state index in [0.717, 1.165) is 77.8 Å². The lowest BCUT2D eigenvalue weighted by Crippen LogP contribution is -2.86. The van der Waals surface area contributed by atoms with Gasteiger partial charge in [-0.05, 0) is 41.5 Å². The van der Waals surface area contributed by atoms with E-state index < -0.39 is 53.2 Å². The van der Waals surface area contributed by atoms with E-state index in [1.54, 1.807) is 0 Å². The molecule has 0 unspecified atom stereocenters. The Morgan fingerprint density at radius 1 is 0.575 bits per heavy atom. The fourth-order valence-corrected chi connectivity index (χ4v) is 6.79. The van der Waals surface area contributed by atoms with Gasteiger partial charge in [-0.3, -0.25) is 9.59 Å². The highest BCUT2D eigenvalue weighted by Crippen LogP contribution is 2.34. The van der Waals surface area contributed by atoms with Crippen LogP contribution in [0, 0.1) is 17.8 Å². The summed E-state index contributed by atoms with van der Waals surface area (Å²) < 4.78 is 17.6. The molecule has 0 atom stereocenters. The second-order valence-electron chi connectivity index (χ2n) is 14.0. The molecule has 3 saturated heterocycles. The van der Waals surface area contributed by atoms with E-state index in [0.29, 0.717) is 0 Å². The van der Waals surface area contributed by atoms with E-state index in [2.05, 4.69) is 16.0 Å². The summed E-state index contributed by atoms with van der Waals surface area (Å²) in [7, 11) is 0. The summed E-state index contributed by atoms with van der Waals surface area (Å²) in [5.41, 5.74) is -4.76. The van der Waals surface area contributed by atoms with Gasteiger partial charge < -0.3 is 35.3 Å². The molecule has 7 N–H and O–H groups in total. The molecule has 0 aromatic rings. The van der Waals surface area contributed by atoms with Crippen molar-refractivity contribution in [1.82, 2.24) is 0 Å². The van der Waals surface area contributed by atoms with Crippen LogP contribution in [0.15, 0.2) is 0 Å². The zero-order valence-corrected chi connectivity index (χ0v) is 25.8. The average Bonchev–Trinajstić information content (AvgIpc) is 2.89. The highest BCUT2D eigenvalue weighted by atomic mass is 16.6. The molecule has 3 rings (SSSR count). The van der Waals surface area contributed by atoms with Gasteiger partial charge in [0, 0.05) is 56.3 Å². The van der Waals surface area contributed by atoms with Gasteiger partial charge in [-0.2, -0.15) is 0 Å².